The van der Waals surface area contributed by atoms with Crippen molar-refractivity contribution in [2.75, 3.05) is 0 Å². The van der Waals surface area contributed by atoms with Crippen molar-refractivity contribution in [3.8, 4) is 148 Å². The van der Waals surface area contributed by atoms with Crippen LogP contribution in [-0.2, 0) is 0 Å². The number of hydrogen-bond donors (Lipinski definition) is 0. The fourth-order valence-electron chi connectivity index (χ4n) is 21.9. The first-order valence-electron chi connectivity index (χ1n) is 48.1. The van der Waals surface area contributed by atoms with E-state index in [4.69, 9.17) is 54.8 Å². The van der Waals surface area contributed by atoms with Gasteiger partial charge < -0.3 is 13.7 Å². The van der Waals surface area contributed by atoms with E-state index < -0.39 is 0 Å². The minimum Gasteiger partial charge on any atom is -0.307 e. The zero-order valence-corrected chi connectivity index (χ0v) is 76.9. The molecule has 29 aromatic rings. The Labute approximate surface area is 822 Å². The van der Waals surface area contributed by atoms with E-state index in [2.05, 4.69) is 384 Å². The molecule has 29 rings (SSSR count). The van der Waals surface area contributed by atoms with Gasteiger partial charge in [0.15, 0.2) is 34.9 Å². The average Bonchev–Trinajstić information content (AvgIpc) is 1.53. The van der Waals surface area contributed by atoms with Crippen molar-refractivity contribution in [3.63, 3.8) is 0 Å². The lowest BCUT2D eigenvalue weighted by Crippen LogP contribution is -2.07. The molecule has 0 bridgehead atoms. The molecule has 18 nitrogen and oxygen atoms in total. The Balaban J connectivity index is 0.640. The Bertz CT molecular complexity index is 10200. The lowest BCUT2D eigenvalue weighted by Gasteiger charge is -2.16. The Morgan fingerprint density at radius 3 is 0.785 bits per heavy atom. The lowest BCUT2D eigenvalue weighted by atomic mass is 9.95. The summed E-state index contributed by atoms with van der Waals surface area (Å²) >= 11 is 0. The van der Waals surface area contributed by atoms with Gasteiger partial charge >= 0.3 is 0 Å². The molecule has 18 heteroatoms. The Hall–Kier alpha value is -20.0. The molecule has 0 spiro atoms. The summed E-state index contributed by atoms with van der Waals surface area (Å²) in [6, 6.07) is 153. The second kappa shape index (κ2) is 32.9. The first-order valence-corrected chi connectivity index (χ1v) is 48.1. The predicted molar refractivity (Wildman–Crippen MR) is 580 cm³/mol. The summed E-state index contributed by atoms with van der Waals surface area (Å²) in [5, 5.41) is 12.5. The predicted octanol–water partition coefficient (Wildman–Crippen LogP) is 29.7. The average molecular weight is 1840 g/mol. The summed E-state index contributed by atoms with van der Waals surface area (Å²) in [6.07, 6.45) is 7.38. The summed E-state index contributed by atoms with van der Waals surface area (Å²) in [4.78, 5) is 65.0. The quantitative estimate of drug-likeness (QED) is 0.0893. The van der Waals surface area contributed by atoms with Crippen LogP contribution in [0.2, 0.25) is 0 Å². The van der Waals surface area contributed by atoms with E-state index in [9.17, 15) is 0 Å². The number of nitrogens with zero attached hydrogens (tertiary/aromatic N) is 18. The highest BCUT2D eigenvalue weighted by molar-refractivity contribution is 6.31. The fourth-order valence-corrected chi connectivity index (χ4v) is 21.9. The molecule has 0 amide bonds. The molecule has 0 fully saturated rings. The summed E-state index contributed by atoms with van der Waals surface area (Å²) in [7, 11) is 0. The lowest BCUT2D eigenvalue weighted by molar-refractivity contribution is 0.953. The molecule has 12 aromatic heterocycles. The molecule has 670 valence electrons. The Morgan fingerprint density at radius 2 is 0.417 bits per heavy atom. The third-order valence-corrected chi connectivity index (χ3v) is 28.1. The van der Waals surface area contributed by atoms with Crippen LogP contribution in [0.3, 0.4) is 0 Å². The van der Waals surface area contributed by atoms with E-state index in [1.165, 1.54) is 0 Å². The normalized spacial score (nSPS) is 11.9. The van der Waals surface area contributed by atoms with Gasteiger partial charge in [0.1, 0.15) is 0 Å². The number of pyridine rings is 3. The van der Waals surface area contributed by atoms with Crippen LogP contribution in [0.1, 0.15) is 0 Å². The third-order valence-electron chi connectivity index (χ3n) is 28.1. The van der Waals surface area contributed by atoms with Crippen molar-refractivity contribution < 1.29 is 0 Å². The second-order valence-corrected chi connectivity index (χ2v) is 36.3. The minimum absolute atomic E-state index is 0.428. The van der Waals surface area contributed by atoms with Crippen LogP contribution < -0.4 is 0 Å². The molecule has 0 N–H and O–H groups in total. The van der Waals surface area contributed by atoms with E-state index in [1.807, 2.05) is 110 Å². The van der Waals surface area contributed by atoms with E-state index in [0.717, 1.165) is 226 Å². The highest BCUT2D eigenvalue weighted by Crippen LogP contribution is 2.52. The second-order valence-electron chi connectivity index (χ2n) is 36.3. The number of rotatable bonds is 16. The van der Waals surface area contributed by atoms with Gasteiger partial charge in [-0.1, -0.05) is 303 Å². The van der Waals surface area contributed by atoms with Gasteiger partial charge in [-0.2, -0.15) is 29.9 Å². The first kappa shape index (κ1) is 81.2. The molecule has 0 aliphatic heterocycles. The Kier molecular flexibility index (Phi) is 18.5. The van der Waals surface area contributed by atoms with Crippen molar-refractivity contribution in [2.45, 2.75) is 0 Å². The smallest absolute Gasteiger partial charge is 0.238 e. The van der Waals surface area contributed by atoms with Crippen LogP contribution in [0.4, 0.5) is 0 Å². The molecule has 0 radical (unpaired) electrons. The summed E-state index contributed by atoms with van der Waals surface area (Å²) in [5.74, 6) is 4.37. The zero-order chi connectivity index (χ0) is 94.6. The molecule has 0 saturated heterocycles. The van der Waals surface area contributed by atoms with Gasteiger partial charge in [0.2, 0.25) is 17.8 Å². The van der Waals surface area contributed by atoms with E-state index in [0.29, 0.717) is 52.8 Å². The number of benzene rings is 17. The maximum Gasteiger partial charge on any atom is 0.238 e. The van der Waals surface area contributed by atoms with Gasteiger partial charge in [-0.25, -0.2) is 15.0 Å². The molecule has 17 aromatic carbocycles. The van der Waals surface area contributed by atoms with Crippen molar-refractivity contribution in [3.05, 3.63) is 462 Å². The SMILES string of the molecule is c1ccc(-c2nc(-c3cccc(-c4cc5c6ccccc6n(-c6nc(-c7ccccc7)nc(-c7cccc(-c8cc9c%10ccccc%10n(-c%10nc(-c%11cccc(-c%12ccccn%12)c%11)nc(-c%11cccc(-c%12ccccn%12)c%11)n%10)c9c9c8c8ccccc8n9-c8ccccc8)c7)n6)c5c5c4c4ccccc4n5-c4ccncc4)c3)nc(-n3c4ccccc4c4ccc5c6ccccc6n(-c6ccccc6)c5c43)n2)cc1. The van der Waals surface area contributed by atoms with Gasteiger partial charge in [-0.3, -0.25) is 28.7 Å². The van der Waals surface area contributed by atoms with Crippen molar-refractivity contribution in [1.82, 2.24) is 87.2 Å². The molecule has 144 heavy (non-hydrogen) atoms. The standard InChI is InChI=1S/C126H76N18/c1-5-33-77(34-6-1)118-130-120(135-124(133-118)142-105-58-20-14-50-91(105)95-64-63-94-90-49-13-19-57-104(90)139(112(94)113(95)142)87-45-9-3-10-46-87)83-41-30-38-80(72-83)99-76-101-93-52-15-21-59-106(93)143(115(101)117-111(99)97-54-18-24-62-109(97)141(117)89-65-69-127-70-66-89)125-134-119(78-35-7-2-8-36-78)131-121(136-125)84-42-29-37-79(71-84)98-75-100-92-51-16-22-60-107(92)144(114(100)116-110(98)96-53-17-23-61-108(96)140(116)88-47-11-4-12-48-88)126-137-122(85-43-31-39-81(73-85)102-55-25-27-67-128-102)132-123(138-126)86-44-32-40-82(74-86)103-56-26-28-68-129-103/h1-76H. The third kappa shape index (κ3) is 13.0. The van der Waals surface area contributed by atoms with E-state index >= 15 is 0 Å². The molecule has 12 heterocycles. The molecule has 0 aliphatic rings. The maximum atomic E-state index is 5.88. The van der Waals surface area contributed by atoms with Crippen LogP contribution in [0.25, 0.3) is 279 Å². The van der Waals surface area contributed by atoms with Gasteiger partial charge in [-0.15, -0.1) is 0 Å². The number of para-hydroxylation sites is 8. The minimum atomic E-state index is 0.428. The fraction of sp³-hybridized carbons (Fsp3) is 0. The van der Waals surface area contributed by atoms with Crippen molar-refractivity contribution in [2.24, 2.45) is 0 Å². The van der Waals surface area contributed by atoms with Crippen LogP contribution in [0.15, 0.2) is 462 Å². The Morgan fingerprint density at radius 1 is 0.153 bits per heavy atom. The molecule has 0 aliphatic carbocycles. The zero-order valence-electron chi connectivity index (χ0n) is 76.9. The van der Waals surface area contributed by atoms with Gasteiger partial charge in [0, 0.05) is 151 Å². The topological polar surface area (TPSA) is 184 Å². The molecule has 0 atom stereocenters. The first-order chi connectivity index (χ1) is 71.4. The number of aromatic nitrogens is 18. The number of hydrogen-bond acceptors (Lipinski definition) is 12. The highest BCUT2D eigenvalue weighted by atomic mass is 15.2. The van der Waals surface area contributed by atoms with Crippen LogP contribution in [0, 0.1) is 0 Å². The maximum absolute atomic E-state index is 5.88. The molecular formula is C126H76N18. The molecular weight excluding hydrogens is 1770 g/mol. The number of fused-ring (bicyclic) bond motifs is 21. The van der Waals surface area contributed by atoms with Crippen molar-refractivity contribution in [1.29, 1.82) is 0 Å². The van der Waals surface area contributed by atoms with Crippen LogP contribution in [-0.4, -0.2) is 87.2 Å². The van der Waals surface area contributed by atoms with E-state index in [1.54, 1.807) is 0 Å². The highest BCUT2D eigenvalue weighted by Gasteiger charge is 2.32. The monoisotopic (exact) mass is 1840 g/mol. The molecule has 0 unspecified atom stereocenters. The van der Waals surface area contributed by atoms with E-state index in [-0.39, 0.29) is 0 Å². The van der Waals surface area contributed by atoms with Crippen LogP contribution >= 0.6 is 0 Å². The van der Waals surface area contributed by atoms with Crippen molar-refractivity contribution >= 4 is 131 Å². The largest absolute Gasteiger partial charge is 0.307 e. The molecule has 0 saturated carbocycles. The van der Waals surface area contributed by atoms with Gasteiger partial charge in [-0.05, 0) is 156 Å². The summed E-state index contributed by atoms with van der Waals surface area (Å²) < 4.78 is 14.0. The summed E-state index contributed by atoms with van der Waals surface area (Å²) in [6.45, 7) is 0. The van der Waals surface area contributed by atoms with Crippen LogP contribution in [0.5, 0.6) is 0 Å². The van der Waals surface area contributed by atoms with Gasteiger partial charge in [0.25, 0.3) is 0 Å². The van der Waals surface area contributed by atoms with Gasteiger partial charge in [0.05, 0.1) is 77.6 Å². The summed E-state index contributed by atoms with van der Waals surface area (Å²) in [5.41, 5.74) is 26.9.